The third-order valence-corrected chi connectivity index (χ3v) is 3.04. The van der Waals surface area contributed by atoms with Gasteiger partial charge in [-0.3, -0.25) is 0 Å². The Labute approximate surface area is 112 Å². The van der Waals surface area contributed by atoms with Crippen molar-refractivity contribution in [3.8, 4) is 5.75 Å². The average Bonchev–Trinajstić information content (AvgIpc) is 2.42. The molecule has 0 atom stereocenters. The number of rotatable bonds is 5. The largest absolute Gasteiger partial charge is 0.493 e. The first-order valence-corrected chi connectivity index (χ1v) is 6.26. The van der Waals surface area contributed by atoms with Crippen LogP contribution in [0.5, 0.6) is 5.75 Å². The highest BCUT2D eigenvalue weighted by molar-refractivity contribution is 5.31. The first-order chi connectivity index (χ1) is 9.19. The summed E-state index contributed by atoms with van der Waals surface area (Å²) in [6.45, 7) is 2.63. The smallest absolute Gasteiger partial charge is 0.123 e. The first-order valence-electron chi connectivity index (χ1n) is 6.26. The summed E-state index contributed by atoms with van der Waals surface area (Å²) in [7, 11) is 0. The van der Waals surface area contributed by atoms with Crippen LogP contribution in [0.4, 0.5) is 4.39 Å². The van der Waals surface area contributed by atoms with Crippen molar-refractivity contribution in [2.45, 2.75) is 20.0 Å². The molecular formula is C16H17FO2. The van der Waals surface area contributed by atoms with Crippen LogP contribution in [0.25, 0.3) is 0 Å². The summed E-state index contributed by atoms with van der Waals surface area (Å²) in [6.07, 6.45) is 0.787. The SMILES string of the molecule is Cc1cc(CO)ccc1CCOc1ccc(F)cc1. The van der Waals surface area contributed by atoms with Crippen LogP contribution in [-0.4, -0.2) is 11.7 Å². The molecule has 0 aliphatic heterocycles. The maximum atomic E-state index is 12.7. The molecule has 0 saturated carbocycles. The van der Waals surface area contributed by atoms with Crippen LogP contribution in [0.3, 0.4) is 0 Å². The summed E-state index contributed by atoms with van der Waals surface area (Å²) in [4.78, 5) is 0. The van der Waals surface area contributed by atoms with Crippen molar-refractivity contribution in [1.29, 1.82) is 0 Å². The fourth-order valence-electron chi connectivity index (χ4n) is 1.95. The maximum absolute atomic E-state index is 12.7. The highest BCUT2D eigenvalue weighted by Gasteiger charge is 2.01. The zero-order valence-corrected chi connectivity index (χ0v) is 10.9. The Balaban J connectivity index is 1.90. The van der Waals surface area contributed by atoms with Gasteiger partial charge < -0.3 is 9.84 Å². The molecule has 0 unspecified atom stereocenters. The third kappa shape index (κ3) is 3.80. The van der Waals surface area contributed by atoms with Crippen LogP contribution in [0, 0.1) is 12.7 Å². The van der Waals surface area contributed by atoms with Gasteiger partial charge >= 0.3 is 0 Å². The lowest BCUT2D eigenvalue weighted by molar-refractivity contribution is 0.281. The number of halogens is 1. The summed E-state index contributed by atoms with van der Waals surface area (Å²) >= 11 is 0. The minimum Gasteiger partial charge on any atom is -0.493 e. The van der Waals surface area contributed by atoms with E-state index in [4.69, 9.17) is 9.84 Å². The molecule has 100 valence electrons. The third-order valence-electron chi connectivity index (χ3n) is 3.04. The quantitative estimate of drug-likeness (QED) is 0.894. The van der Waals surface area contributed by atoms with E-state index in [2.05, 4.69) is 0 Å². The Morgan fingerprint density at radius 1 is 1.11 bits per heavy atom. The highest BCUT2D eigenvalue weighted by Crippen LogP contribution is 2.14. The lowest BCUT2D eigenvalue weighted by Crippen LogP contribution is -2.03. The Hall–Kier alpha value is -1.87. The maximum Gasteiger partial charge on any atom is 0.123 e. The molecule has 3 heteroatoms. The van der Waals surface area contributed by atoms with Crippen LogP contribution in [0.2, 0.25) is 0 Å². The standard InChI is InChI=1S/C16H17FO2/c1-12-10-13(11-18)2-3-14(12)8-9-19-16-6-4-15(17)5-7-16/h2-7,10,18H,8-9,11H2,1H3. The van der Waals surface area contributed by atoms with Crippen molar-refractivity contribution in [1.82, 2.24) is 0 Å². The van der Waals surface area contributed by atoms with Gasteiger partial charge in [0.05, 0.1) is 13.2 Å². The molecule has 0 aromatic heterocycles. The van der Waals surface area contributed by atoms with E-state index >= 15 is 0 Å². The van der Waals surface area contributed by atoms with Gasteiger partial charge in [-0.1, -0.05) is 18.2 Å². The minimum absolute atomic E-state index is 0.0627. The molecule has 0 spiro atoms. The molecule has 0 amide bonds. The highest BCUT2D eigenvalue weighted by atomic mass is 19.1. The number of ether oxygens (including phenoxy) is 1. The normalized spacial score (nSPS) is 10.5. The van der Waals surface area contributed by atoms with Crippen molar-refractivity contribution in [2.24, 2.45) is 0 Å². The van der Waals surface area contributed by atoms with Crippen LogP contribution in [-0.2, 0) is 13.0 Å². The van der Waals surface area contributed by atoms with E-state index in [0.29, 0.717) is 12.4 Å². The molecule has 1 N–H and O–H groups in total. The summed E-state index contributed by atoms with van der Waals surface area (Å²) in [5.74, 6) is 0.411. The molecule has 19 heavy (non-hydrogen) atoms. The van der Waals surface area contributed by atoms with E-state index in [1.807, 2.05) is 25.1 Å². The van der Waals surface area contributed by atoms with Crippen molar-refractivity contribution in [3.63, 3.8) is 0 Å². The Morgan fingerprint density at radius 2 is 1.84 bits per heavy atom. The summed E-state index contributed by atoms with van der Waals surface area (Å²) in [5.41, 5.74) is 3.26. The molecule has 0 saturated heterocycles. The predicted molar refractivity (Wildman–Crippen MR) is 72.7 cm³/mol. The van der Waals surface area contributed by atoms with Crippen molar-refractivity contribution in [3.05, 3.63) is 65.0 Å². The van der Waals surface area contributed by atoms with Crippen LogP contribution < -0.4 is 4.74 Å². The molecule has 0 radical (unpaired) electrons. The molecule has 0 aliphatic carbocycles. The van der Waals surface area contributed by atoms with Gasteiger partial charge in [-0.25, -0.2) is 4.39 Å². The lowest BCUT2D eigenvalue weighted by atomic mass is 10.0. The Bertz CT molecular complexity index is 535. The molecular weight excluding hydrogens is 243 g/mol. The molecule has 2 nitrogen and oxygen atoms in total. The number of hydrogen-bond acceptors (Lipinski definition) is 2. The number of benzene rings is 2. The van der Waals surface area contributed by atoms with Crippen LogP contribution >= 0.6 is 0 Å². The van der Waals surface area contributed by atoms with E-state index in [9.17, 15) is 4.39 Å². The predicted octanol–water partition coefficient (Wildman–Crippen LogP) is 3.25. The second kappa shape index (κ2) is 6.34. The molecule has 0 fully saturated rings. The van der Waals surface area contributed by atoms with E-state index in [1.54, 1.807) is 12.1 Å². The van der Waals surface area contributed by atoms with Gasteiger partial charge in [0.1, 0.15) is 11.6 Å². The molecule has 0 heterocycles. The van der Waals surface area contributed by atoms with Crippen molar-refractivity contribution >= 4 is 0 Å². The zero-order chi connectivity index (χ0) is 13.7. The van der Waals surface area contributed by atoms with Gasteiger partial charge in [0, 0.05) is 6.42 Å². The molecule has 2 rings (SSSR count). The van der Waals surface area contributed by atoms with Gasteiger partial charge in [0.2, 0.25) is 0 Å². The first kappa shape index (κ1) is 13.6. The van der Waals surface area contributed by atoms with E-state index in [-0.39, 0.29) is 12.4 Å². The van der Waals surface area contributed by atoms with Gasteiger partial charge in [-0.15, -0.1) is 0 Å². The Kier molecular flexibility index (Phi) is 4.53. The summed E-state index contributed by atoms with van der Waals surface area (Å²) in [6, 6.07) is 11.9. The summed E-state index contributed by atoms with van der Waals surface area (Å²) < 4.78 is 18.3. The van der Waals surface area contributed by atoms with Crippen molar-refractivity contribution < 1.29 is 14.2 Å². The second-order valence-corrected chi connectivity index (χ2v) is 4.47. The summed E-state index contributed by atoms with van der Waals surface area (Å²) in [5, 5.41) is 9.04. The number of aliphatic hydroxyl groups excluding tert-OH is 1. The van der Waals surface area contributed by atoms with E-state index in [1.165, 1.54) is 17.7 Å². The van der Waals surface area contributed by atoms with Gasteiger partial charge in [-0.05, 0) is 47.9 Å². The molecule has 0 bridgehead atoms. The average molecular weight is 260 g/mol. The fraction of sp³-hybridized carbons (Fsp3) is 0.250. The van der Waals surface area contributed by atoms with E-state index < -0.39 is 0 Å². The monoisotopic (exact) mass is 260 g/mol. The zero-order valence-electron chi connectivity index (χ0n) is 10.9. The van der Waals surface area contributed by atoms with Gasteiger partial charge in [-0.2, -0.15) is 0 Å². The molecule has 2 aromatic carbocycles. The Morgan fingerprint density at radius 3 is 2.47 bits per heavy atom. The van der Waals surface area contributed by atoms with Crippen LogP contribution in [0.1, 0.15) is 16.7 Å². The number of aryl methyl sites for hydroxylation is 1. The van der Waals surface area contributed by atoms with Gasteiger partial charge in [0.15, 0.2) is 0 Å². The van der Waals surface area contributed by atoms with Gasteiger partial charge in [0.25, 0.3) is 0 Å². The number of hydrogen-bond donors (Lipinski definition) is 1. The topological polar surface area (TPSA) is 29.5 Å². The minimum atomic E-state index is -0.261. The molecule has 0 aliphatic rings. The van der Waals surface area contributed by atoms with Crippen molar-refractivity contribution in [2.75, 3.05) is 6.61 Å². The second-order valence-electron chi connectivity index (χ2n) is 4.47. The molecule has 2 aromatic rings. The number of aliphatic hydroxyl groups is 1. The van der Waals surface area contributed by atoms with E-state index in [0.717, 1.165) is 17.5 Å². The lowest BCUT2D eigenvalue weighted by Gasteiger charge is -2.09. The van der Waals surface area contributed by atoms with Crippen LogP contribution in [0.15, 0.2) is 42.5 Å². The fourth-order valence-corrected chi connectivity index (χ4v) is 1.95.